The Labute approximate surface area is 169 Å². The number of nitrogens with zero attached hydrogens (tertiary/aromatic N) is 2. The zero-order valence-corrected chi connectivity index (χ0v) is 17.8. The molecule has 3 aliphatic rings. The van der Waals surface area contributed by atoms with Gasteiger partial charge >= 0.3 is 0 Å². The van der Waals surface area contributed by atoms with E-state index >= 15 is 0 Å². The quantitative estimate of drug-likeness (QED) is 0.611. The fourth-order valence-corrected chi connectivity index (χ4v) is 6.09. The van der Waals surface area contributed by atoms with Crippen molar-refractivity contribution in [3.05, 3.63) is 0 Å². The Morgan fingerprint density at radius 1 is 1.14 bits per heavy atom. The number of carbonyl (C=O) groups excluding carboxylic acids is 1. The SMILES string of the molecule is CCCS(=O)(=O)N1CCCC(C(=O)NCC(C2CCOC2)N2CCOCC2)C1. The van der Waals surface area contributed by atoms with Crippen molar-refractivity contribution in [1.82, 2.24) is 14.5 Å². The summed E-state index contributed by atoms with van der Waals surface area (Å²) in [5, 5.41) is 3.13. The number of rotatable bonds is 8. The van der Waals surface area contributed by atoms with Gasteiger partial charge in [0.2, 0.25) is 15.9 Å². The van der Waals surface area contributed by atoms with E-state index in [1.165, 1.54) is 4.31 Å². The van der Waals surface area contributed by atoms with Crippen molar-refractivity contribution < 1.29 is 22.7 Å². The summed E-state index contributed by atoms with van der Waals surface area (Å²) in [5.41, 5.74) is 0. The zero-order valence-electron chi connectivity index (χ0n) is 17.0. The topological polar surface area (TPSA) is 88.2 Å². The molecule has 1 amide bonds. The van der Waals surface area contributed by atoms with Crippen molar-refractivity contribution in [3.63, 3.8) is 0 Å². The Bertz CT molecular complexity index is 603. The van der Waals surface area contributed by atoms with E-state index in [4.69, 9.17) is 9.47 Å². The second-order valence-corrected chi connectivity index (χ2v) is 10.2. The van der Waals surface area contributed by atoms with Gasteiger partial charge in [-0.05, 0) is 25.7 Å². The van der Waals surface area contributed by atoms with Crippen molar-refractivity contribution in [2.24, 2.45) is 11.8 Å². The average molecular weight is 418 g/mol. The second-order valence-electron chi connectivity index (χ2n) is 8.10. The summed E-state index contributed by atoms with van der Waals surface area (Å²) in [6.45, 7) is 8.03. The molecule has 3 saturated heterocycles. The summed E-state index contributed by atoms with van der Waals surface area (Å²) in [6, 6.07) is 0.249. The van der Waals surface area contributed by atoms with Gasteiger partial charge in [0.1, 0.15) is 0 Å². The molecule has 1 N–H and O–H groups in total. The molecule has 3 unspecified atom stereocenters. The van der Waals surface area contributed by atoms with Crippen LogP contribution in [0.1, 0.15) is 32.6 Å². The van der Waals surface area contributed by atoms with E-state index < -0.39 is 10.0 Å². The van der Waals surface area contributed by atoms with Gasteiger partial charge in [-0.2, -0.15) is 0 Å². The molecule has 3 heterocycles. The third-order valence-corrected chi connectivity index (χ3v) is 8.16. The molecule has 0 aromatic rings. The summed E-state index contributed by atoms with van der Waals surface area (Å²) >= 11 is 0. The molecular weight excluding hydrogens is 382 g/mol. The van der Waals surface area contributed by atoms with Gasteiger partial charge in [-0.25, -0.2) is 12.7 Å². The van der Waals surface area contributed by atoms with E-state index in [1.807, 2.05) is 6.92 Å². The number of ether oxygens (including phenoxy) is 2. The molecular formula is C19H35N3O5S. The van der Waals surface area contributed by atoms with Crippen molar-refractivity contribution in [2.75, 3.05) is 64.9 Å². The first-order valence-corrected chi connectivity index (χ1v) is 12.3. The molecule has 3 aliphatic heterocycles. The minimum atomic E-state index is -3.25. The third kappa shape index (κ3) is 5.66. The Kier molecular flexibility index (Phi) is 8.11. The van der Waals surface area contributed by atoms with Gasteiger partial charge < -0.3 is 14.8 Å². The lowest BCUT2D eigenvalue weighted by molar-refractivity contribution is -0.126. The van der Waals surface area contributed by atoms with Gasteiger partial charge in [-0.1, -0.05) is 6.92 Å². The van der Waals surface area contributed by atoms with Crippen LogP contribution in [0, 0.1) is 11.8 Å². The fourth-order valence-electron chi connectivity index (χ4n) is 4.50. The Balaban J connectivity index is 1.56. The van der Waals surface area contributed by atoms with Gasteiger partial charge in [0.05, 0.1) is 31.5 Å². The van der Waals surface area contributed by atoms with Crippen molar-refractivity contribution in [3.8, 4) is 0 Å². The van der Waals surface area contributed by atoms with Crippen LogP contribution in [-0.2, 0) is 24.3 Å². The maximum atomic E-state index is 12.8. The maximum absolute atomic E-state index is 12.8. The summed E-state index contributed by atoms with van der Waals surface area (Å²) in [5.74, 6) is 0.299. The molecule has 3 rings (SSSR count). The van der Waals surface area contributed by atoms with E-state index in [9.17, 15) is 13.2 Å². The van der Waals surface area contributed by atoms with Crippen LogP contribution in [0.15, 0.2) is 0 Å². The number of piperidine rings is 1. The number of carbonyl (C=O) groups is 1. The summed E-state index contributed by atoms with van der Waals surface area (Å²) in [6.07, 6.45) is 3.11. The molecule has 3 atom stereocenters. The van der Waals surface area contributed by atoms with E-state index in [2.05, 4.69) is 10.2 Å². The molecule has 0 radical (unpaired) electrons. The van der Waals surface area contributed by atoms with Crippen LogP contribution in [0.4, 0.5) is 0 Å². The van der Waals surface area contributed by atoms with E-state index in [1.54, 1.807) is 0 Å². The first-order valence-electron chi connectivity index (χ1n) is 10.7. The Morgan fingerprint density at radius 3 is 2.61 bits per heavy atom. The largest absolute Gasteiger partial charge is 0.381 e. The van der Waals surface area contributed by atoms with Crippen LogP contribution in [0.3, 0.4) is 0 Å². The molecule has 9 heteroatoms. The van der Waals surface area contributed by atoms with Gasteiger partial charge in [0, 0.05) is 51.3 Å². The predicted octanol–water partition coefficient (Wildman–Crippen LogP) is 0.292. The molecule has 0 aliphatic carbocycles. The minimum absolute atomic E-state index is 0.0198. The van der Waals surface area contributed by atoms with Crippen LogP contribution in [-0.4, -0.2) is 94.5 Å². The predicted molar refractivity (Wildman–Crippen MR) is 106 cm³/mol. The normalized spacial score (nSPS) is 28.9. The van der Waals surface area contributed by atoms with Crippen molar-refractivity contribution in [2.45, 2.75) is 38.6 Å². The highest BCUT2D eigenvalue weighted by molar-refractivity contribution is 7.89. The molecule has 0 aromatic carbocycles. The summed E-state index contributed by atoms with van der Waals surface area (Å²) in [7, 11) is -3.25. The summed E-state index contributed by atoms with van der Waals surface area (Å²) in [4.78, 5) is 15.2. The molecule has 28 heavy (non-hydrogen) atoms. The van der Waals surface area contributed by atoms with Crippen molar-refractivity contribution in [1.29, 1.82) is 0 Å². The lowest BCUT2D eigenvalue weighted by atomic mass is 9.95. The van der Waals surface area contributed by atoms with E-state index in [0.29, 0.717) is 32.0 Å². The van der Waals surface area contributed by atoms with Gasteiger partial charge in [0.25, 0.3) is 0 Å². The number of hydrogen-bond acceptors (Lipinski definition) is 6. The molecule has 8 nitrogen and oxygen atoms in total. The molecule has 0 aromatic heterocycles. The number of amides is 1. The molecule has 0 saturated carbocycles. The second kappa shape index (κ2) is 10.3. The van der Waals surface area contributed by atoms with Crippen LogP contribution < -0.4 is 5.32 Å². The Hall–Kier alpha value is -0.740. The summed E-state index contributed by atoms with van der Waals surface area (Å²) < 4.78 is 37.3. The number of hydrogen-bond donors (Lipinski definition) is 1. The monoisotopic (exact) mass is 417 g/mol. The van der Waals surface area contributed by atoms with E-state index in [-0.39, 0.29) is 23.6 Å². The van der Waals surface area contributed by atoms with Crippen LogP contribution >= 0.6 is 0 Å². The molecule has 3 fully saturated rings. The third-order valence-electron chi connectivity index (χ3n) is 6.12. The lowest BCUT2D eigenvalue weighted by Crippen LogP contribution is -2.53. The van der Waals surface area contributed by atoms with Crippen LogP contribution in [0.5, 0.6) is 0 Å². The van der Waals surface area contributed by atoms with Gasteiger partial charge in [0.15, 0.2) is 0 Å². The average Bonchev–Trinajstić information content (AvgIpc) is 3.23. The van der Waals surface area contributed by atoms with Crippen molar-refractivity contribution >= 4 is 15.9 Å². The highest BCUT2D eigenvalue weighted by Gasteiger charge is 2.34. The first kappa shape index (κ1) is 22.0. The maximum Gasteiger partial charge on any atom is 0.224 e. The first-order chi connectivity index (χ1) is 13.5. The lowest BCUT2D eigenvalue weighted by Gasteiger charge is -2.38. The minimum Gasteiger partial charge on any atom is -0.381 e. The van der Waals surface area contributed by atoms with Gasteiger partial charge in [-0.15, -0.1) is 0 Å². The Morgan fingerprint density at radius 2 is 1.93 bits per heavy atom. The van der Waals surface area contributed by atoms with Crippen LogP contribution in [0.25, 0.3) is 0 Å². The van der Waals surface area contributed by atoms with E-state index in [0.717, 1.165) is 58.8 Å². The fraction of sp³-hybridized carbons (Fsp3) is 0.947. The number of nitrogens with one attached hydrogen (secondary N) is 1. The number of morpholine rings is 1. The molecule has 0 bridgehead atoms. The van der Waals surface area contributed by atoms with Gasteiger partial charge in [-0.3, -0.25) is 9.69 Å². The zero-order chi connectivity index (χ0) is 20.0. The molecule has 162 valence electrons. The highest BCUT2D eigenvalue weighted by atomic mass is 32.2. The molecule has 0 spiro atoms. The standard InChI is InChI=1S/C19H35N3O5S/c1-2-12-28(24,25)22-6-3-4-16(14-22)19(23)20-13-18(17-5-9-27-15-17)21-7-10-26-11-8-21/h16-18H,2-15H2,1H3,(H,20,23). The smallest absolute Gasteiger partial charge is 0.224 e. The number of sulfonamides is 1. The van der Waals surface area contributed by atoms with Crippen LogP contribution in [0.2, 0.25) is 0 Å². The highest BCUT2D eigenvalue weighted by Crippen LogP contribution is 2.23.